The zero-order valence-corrected chi connectivity index (χ0v) is 13.2. The summed E-state index contributed by atoms with van der Waals surface area (Å²) in [5, 5.41) is 8.30. The molecule has 1 N–H and O–H groups in total. The fraction of sp³-hybridized carbons (Fsp3) is 0.429. The van der Waals surface area contributed by atoms with Gasteiger partial charge in [0, 0.05) is 13.2 Å². The zero-order chi connectivity index (χ0) is 16.5. The minimum absolute atomic E-state index is 0.220. The average Bonchev–Trinajstić information content (AvgIpc) is 3.03. The smallest absolute Gasteiger partial charge is 0.313 e. The number of aromatic nitrogens is 2. The van der Waals surface area contributed by atoms with Gasteiger partial charge in [-0.15, -0.1) is 11.3 Å². The van der Waals surface area contributed by atoms with Crippen LogP contribution in [0.2, 0.25) is 0 Å². The maximum absolute atomic E-state index is 12.9. The molecule has 1 atom stereocenters. The summed E-state index contributed by atoms with van der Waals surface area (Å²) in [5.74, 6) is -0.579. The number of carbonyl (C=O) groups is 1. The van der Waals surface area contributed by atoms with Crippen molar-refractivity contribution < 1.29 is 18.0 Å². The molecule has 0 fully saturated rings. The third-order valence-corrected chi connectivity index (χ3v) is 4.25. The van der Waals surface area contributed by atoms with E-state index in [0.29, 0.717) is 5.00 Å². The van der Waals surface area contributed by atoms with Crippen molar-refractivity contribution in [3.63, 3.8) is 0 Å². The molecular formula is C14H16F3N3OS. The Balaban J connectivity index is 2.30. The highest BCUT2D eigenvalue weighted by Gasteiger charge is 2.39. The summed E-state index contributed by atoms with van der Waals surface area (Å²) in [6.45, 7) is 4.01. The number of nitrogens with zero attached hydrogens (tertiary/aromatic N) is 2. The number of thiophene rings is 1. The number of hydrogen-bond acceptors (Lipinski definition) is 3. The van der Waals surface area contributed by atoms with Crippen LogP contribution in [0.4, 0.5) is 18.2 Å². The molecule has 0 saturated carbocycles. The highest BCUT2D eigenvalue weighted by Crippen LogP contribution is 2.34. The predicted octanol–water partition coefficient (Wildman–Crippen LogP) is 4.27. The van der Waals surface area contributed by atoms with Gasteiger partial charge in [0.1, 0.15) is 0 Å². The van der Waals surface area contributed by atoms with Crippen LogP contribution in [0.15, 0.2) is 17.6 Å². The number of carbonyl (C=O) groups excluding carboxylic acids is 1. The van der Waals surface area contributed by atoms with E-state index in [4.69, 9.17) is 0 Å². The first-order chi connectivity index (χ1) is 10.2. The van der Waals surface area contributed by atoms with E-state index in [1.807, 2.05) is 25.3 Å². The highest BCUT2D eigenvalue weighted by atomic mass is 32.1. The summed E-state index contributed by atoms with van der Waals surface area (Å²) in [6, 6.07) is 1.88. The standard InChI is InChI=1S/C14H16F3N3OS/c1-4-8(2)9-5-6-22-13(9)18-12(21)10-7-20(3)19-11(10)14(15,16)17/h5-8H,4H2,1-3H3,(H,18,21). The molecule has 0 spiro atoms. The molecule has 0 aliphatic rings. The van der Waals surface area contributed by atoms with Crippen LogP contribution in [0.25, 0.3) is 0 Å². The van der Waals surface area contributed by atoms with E-state index in [2.05, 4.69) is 10.4 Å². The first kappa shape index (κ1) is 16.5. The summed E-state index contributed by atoms with van der Waals surface area (Å²) in [4.78, 5) is 12.2. The molecule has 0 aliphatic heterocycles. The van der Waals surface area contributed by atoms with Crippen molar-refractivity contribution in [2.75, 3.05) is 5.32 Å². The van der Waals surface area contributed by atoms with Crippen molar-refractivity contribution in [3.05, 3.63) is 34.5 Å². The van der Waals surface area contributed by atoms with Crippen LogP contribution < -0.4 is 5.32 Å². The number of halogens is 3. The van der Waals surface area contributed by atoms with Gasteiger partial charge < -0.3 is 5.32 Å². The number of aryl methyl sites for hydroxylation is 1. The Hall–Kier alpha value is -1.83. The monoisotopic (exact) mass is 331 g/mol. The summed E-state index contributed by atoms with van der Waals surface area (Å²) < 4.78 is 39.7. The van der Waals surface area contributed by atoms with Gasteiger partial charge in [0.2, 0.25) is 0 Å². The summed E-state index contributed by atoms with van der Waals surface area (Å²) in [5.41, 5.74) is -0.717. The van der Waals surface area contributed by atoms with Crippen LogP contribution in [0, 0.1) is 0 Å². The molecule has 8 heteroatoms. The Morgan fingerprint density at radius 2 is 2.18 bits per heavy atom. The molecule has 1 unspecified atom stereocenters. The lowest BCUT2D eigenvalue weighted by atomic mass is 10.0. The van der Waals surface area contributed by atoms with Gasteiger partial charge in [0.15, 0.2) is 5.69 Å². The Morgan fingerprint density at radius 1 is 1.50 bits per heavy atom. The van der Waals surface area contributed by atoms with Crippen molar-refractivity contribution in [1.29, 1.82) is 0 Å². The molecule has 4 nitrogen and oxygen atoms in total. The van der Waals surface area contributed by atoms with E-state index < -0.39 is 23.3 Å². The molecule has 1 amide bonds. The quantitative estimate of drug-likeness (QED) is 0.909. The summed E-state index contributed by atoms with van der Waals surface area (Å²) in [6.07, 6.45) is -2.71. The maximum Gasteiger partial charge on any atom is 0.435 e. The largest absolute Gasteiger partial charge is 0.435 e. The van der Waals surface area contributed by atoms with Gasteiger partial charge in [-0.1, -0.05) is 13.8 Å². The molecule has 2 aromatic rings. The van der Waals surface area contributed by atoms with Crippen LogP contribution >= 0.6 is 11.3 Å². The average molecular weight is 331 g/mol. The molecule has 0 radical (unpaired) electrons. The second-order valence-corrected chi connectivity index (χ2v) is 5.95. The Bertz CT molecular complexity index is 675. The van der Waals surface area contributed by atoms with Gasteiger partial charge in [-0.05, 0) is 29.3 Å². The molecule has 0 aliphatic carbocycles. The van der Waals surface area contributed by atoms with Crippen LogP contribution in [0.3, 0.4) is 0 Å². The third kappa shape index (κ3) is 3.32. The fourth-order valence-corrected chi connectivity index (χ4v) is 2.97. The molecule has 0 aromatic carbocycles. The maximum atomic E-state index is 12.9. The van der Waals surface area contributed by atoms with E-state index >= 15 is 0 Å². The van der Waals surface area contributed by atoms with Crippen LogP contribution in [-0.4, -0.2) is 15.7 Å². The van der Waals surface area contributed by atoms with Crippen molar-refractivity contribution in [3.8, 4) is 0 Å². The molecule has 2 rings (SSSR count). The minimum atomic E-state index is -4.66. The first-order valence-corrected chi connectivity index (χ1v) is 7.61. The van der Waals surface area contributed by atoms with E-state index in [9.17, 15) is 18.0 Å². The first-order valence-electron chi connectivity index (χ1n) is 6.73. The van der Waals surface area contributed by atoms with Gasteiger partial charge in [-0.3, -0.25) is 9.48 Å². The van der Waals surface area contributed by atoms with Crippen molar-refractivity contribution >= 4 is 22.2 Å². The lowest BCUT2D eigenvalue weighted by molar-refractivity contribution is -0.141. The molecule has 120 valence electrons. The Labute approximate surface area is 129 Å². The second-order valence-electron chi connectivity index (χ2n) is 5.03. The van der Waals surface area contributed by atoms with Gasteiger partial charge in [0.25, 0.3) is 5.91 Å². The number of rotatable bonds is 4. The predicted molar refractivity (Wildman–Crippen MR) is 79.2 cm³/mol. The molecule has 2 heterocycles. The van der Waals surface area contributed by atoms with Gasteiger partial charge in [-0.2, -0.15) is 18.3 Å². The molecule has 22 heavy (non-hydrogen) atoms. The number of alkyl halides is 3. The number of anilines is 1. The van der Waals surface area contributed by atoms with Crippen molar-refractivity contribution in [2.45, 2.75) is 32.4 Å². The van der Waals surface area contributed by atoms with Gasteiger partial charge in [-0.25, -0.2) is 0 Å². The normalized spacial score (nSPS) is 13.2. The highest BCUT2D eigenvalue weighted by molar-refractivity contribution is 7.14. The van der Waals surface area contributed by atoms with Gasteiger partial charge >= 0.3 is 6.18 Å². The van der Waals surface area contributed by atoms with Crippen LogP contribution in [0.1, 0.15) is 47.8 Å². The van der Waals surface area contributed by atoms with E-state index in [1.54, 1.807) is 0 Å². The number of nitrogens with one attached hydrogen (secondary N) is 1. The van der Waals surface area contributed by atoms with Crippen molar-refractivity contribution in [2.24, 2.45) is 7.05 Å². The SMILES string of the molecule is CCC(C)c1ccsc1NC(=O)c1cn(C)nc1C(F)(F)F. The number of amides is 1. The fourth-order valence-electron chi connectivity index (χ4n) is 2.06. The molecule has 2 aromatic heterocycles. The zero-order valence-electron chi connectivity index (χ0n) is 12.4. The van der Waals surface area contributed by atoms with Crippen LogP contribution in [-0.2, 0) is 13.2 Å². The number of hydrogen-bond donors (Lipinski definition) is 1. The summed E-state index contributed by atoms with van der Waals surface area (Å²) >= 11 is 1.30. The second kappa shape index (κ2) is 6.12. The lowest BCUT2D eigenvalue weighted by Crippen LogP contribution is -2.18. The minimum Gasteiger partial charge on any atom is -0.313 e. The van der Waals surface area contributed by atoms with E-state index in [0.717, 1.165) is 22.9 Å². The lowest BCUT2D eigenvalue weighted by Gasteiger charge is -2.11. The molecule has 0 saturated heterocycles. The summed E-state index contributed by atoms with van der Waals surface area (Å²) in [7, 11) is 1.35. The van der Waals surface area contributed by atoms with Gasteiger partial charge in [0.05, 0.1) is 10.6 Å². The topological polar surface area (TPSA) is 46.9 Å². The van der Waals surface area contributed by atoms with E-state index in [-0.39, 0.29) is 5.92 Å². The van der Waals surface area contributed by atoms with Crippen LogP contribution in [0.5, 0.6) is 0 Å². The van der Waals surface area contributed by atoms with E-state index in [1.165, 1.54) is 18.4 Å². The molecule has 0 bridgehead atoms. The Kier molecular flexibility index (Phi) is 4.60. The third-order valence-electron chi connectivity index (χ3n) is 3.41. The molecular weight excluding hydrogens is 315 g/mol. The van der Waals surface area contributed by atoms with Crippen molar-refractivity contribution in [1.82, 2.24) is 9.78 Å². The Morgan fingerprint density at radius 3 is 2.77 bits per heavy atom.